The number of hydrogen-bond donors (Lipinski definition) is 1. The van der Waals surface area contributed by atoms with Gasteiger partial charge in [-0.1, -0.05) is 36.0 Å². The number of carbonyl (C=O) groups excluding carboxylic acids is 2. The lowest BCUT2D eigenvalue weighted by Gasteiger charge is -2.10. The number of rotatable bonds is 11. The SMILES string of the molecule is C=CCn1c(COc2cc(C)cc(C)c2)nnc1SCC(=O)Nc1scc(-c2ccc(F)cc2)c1C(=O)OC. The van der Waals surface area contributed by atoms with Crippen molar-refractivity contribution in [3.63, 3.8) is 0 Å². The van der Waals surface area contributed by atoms with Crippen LogP contribution in [0.15, 0.2) is 65.7 Å². The van der Waals surface area contributed by atoms with Crippen LogP contribution in [-0.2, 0) is 22.7 Å². The van der Waals surface area contributed by atoms with Crippen molar-refractivity contribution >= 4 is 40.0 Å². The van der Waals surface area contributed by atoms with Crippen molar-refractivity contribution in [3.05, 3.63) is 88.8 Å². The highest BCUT2D eigenvalue weighted by Crippen LogP contribution is 2.36. The van der Waals surface area contributed by atoms with Crippen LogP contribution >= 0.6 is 23.1 Å². The molecule has 0 saturated carbocycles. The van der Waals surface area contributed by atoms with E-state index in [1.54, 1.807) is 23.6 Å². The van der Waals surface area contributed by atoms with Crippen LogP contribution in [0.4, 0.5) is 9.39 Å². The number of hydrogen-bond acceptors (Lipinski definition) is 8. The highest BCUT2D eigenvalue weighted by Gasteiger charge is 2.23. The van der Waals surface area contributed by atoms with E-state index >= 15 is 0 Å². The van der Waals surface area contributed by atoms with Crippen LogP contribution in [0.5, 0.6) is 5.75 Å². The second-order valence-electron chi connectivity index (χ2n) is 8.60. The van der Waals surface area contributed by atoms with Crippen molar-refractivity contribution < 1.29 is 23.5 Å². The summed E-state index contributed by atoms with van der Waals surface area (Å²) < 4.78 is 26.1. The lowest BCUT2D eigenvalue weighted by molar-refractivity contribution is -0.113. The Balaban J connectivity index is 1.45. The molecule has 4 rings (SSSR count). The first kappa shape index (κ1) is 28.1. The number of nitrogens with one attached hydrogen (secondary N) is 1. The predicted molar refractivity (Wildman–Crippen MR) is 151 cm³/mol. The first-order chi connectivity index (χ1) is 18.8. The Morgan fingerprint density at radius 2 is 1.87 bits per heavy atom. The van der Waals surface area contributed by atoms with Crippen LogP contribution in [0.2, 0.25) is 0 Å². The van der Waals surface area contributed by atoms with Gasteiger partial charge in [-0.2, -0.15) is 0 Å². The quantitative estimate of drug-likeness (QED) is 0.134. The molecule has 2 aromatic carbocycles. The first-order valence-electron chi connectivity index (χ1n) is 11.9. The summed E-state index contributed by atoms with van der Waals surface area (Å²) in [5, 5.41) is 13.9. The number of amides is 1. The number of thioether (sulfide) groups is 1. The van der Waals surface area contributed by atoms with Gasteiger partial charge < -0.3 is 14.8 Å². The summed E-state index contributed by atoms with van der Waals surface area (Å²) in [7, 11) is 1.27. The van der Waals surface area contributed by atoms with Crippen molar-refractivity contribution in [3.8, 4) is 16.9 Å². The largest absolute Gasteiger partial charge is 0.486 e. The van der Waals surface area contributed by atoms with Gasteiger partial charge in [-0.15, -0.1) is 28.1 Å². The molecule has 0 bridgehead atoms. The smallest absolute Gasteiger partial charge is 0.341 e. The van der Waals surface area contributed by atoms with Crippen molar-refractivity contribution in [2.45, 2.75) is 32.2 Å². The third-order valence-electron chi connectivity index (χ3n) is 5.59. The normalized spacial score (nSPS) is 10.8. The molecule has 0 aliphatic heterocycles. The number of carbonyl (C=O) groups is 2. The molecular weight excluding hydrogens is 539 g/mol. The monoisotopic (exact) mass is 566 g/mol. The van der Waals surface area contributed by atoms with Crippen LogP contribution < -0.4 is 10.1 Å². The number of aryl methyl sites for hydroxylation is 2. The number of methoxy groups -OCH3 is 1. The molecule has 1 amide bonds. The summed E-state index contributed by atoms with van der Waals surface area (Å²) in [6, 6.07) is 11.7. The molecule has 11 heteroatoms. The standard InChI is InChI=1S/C28H27FN4O4S2/c1-5-10-33-23(14-37-21-12-17(2)11-18(3)13-21)31-32-28(33)39-16-24(34)30-26-25(27(35)36-4)22(15-38-26)19-6-8-20(29)9-7-19/h5-9,11-13,15H,1,10,14,16H2,2-4H3,(H,30,34). The Morgan fingerprint density at radius 1 is 1.15 bits per heavy atom. The third-order valence-corrected chi connectivity index (χ3v) is 7.45. The van der Waals surface area contributed by atoms with Gasteiger partial charge in [0, 0.05) is 17.5 Å². The molecule has 2 heterocycles. The molecular formula is C28H27FN4O4S2. The van der Waals surface area contributed by atoms with Gasteiger partial charge in [0.1, 0.15) is 28.7 Å². The molecule has 39 heavy (non-hydrogen) atoms. The van der Waals surface area contributed by atoms with Crippen LogP contribution in [0.3, 0.4) is 0 Å². The minimum Gasteiger partial charge on any atom is -0.486 e. The molecule has 0 saturated heterocycles. The number of allylic oxidation sites excluding steroid dienone is 1. The molecule has 0 radical (unpaired) electrons. The van der Waals surface area contributed by atoms with E-state index in [2.05, 4.69) is 28.2 Å². The molecule has 0 aliphatic carbocycles. The van der Waals surface area contributed by atoms with Gasteiger partial charge in [-0.05, 0) is 54.8 Å². The van der Waals surface area contributed by atoms with Gasteiger partial charge in [0.2, 0.25) is 5.91 Å². The summed E-state index contributed by atoms with van der Waals surface area (Å²) in [4.78, 5) is 25.4. The molecule has 0 atom stereocenters. The number of esters is 1. The number of aromatic nitrogens is 3. The molecule has 0 fully saturated rings. The van der Waals surface area contributed by atoms with Gasteiger partial charge >= 0.3 is 5.97 Å². The molecule has 2 aromatic heterocycles. The summed E-state index contributed by atoms with van der Waals surface area (Å²) in [5.41, 5.74) is 3.61. The fraction of sp³-hybridized carbons (Fsp3) is 0.214. The average molecular weight is 567 g/mol. The fourth-order valence-electron chi connectivity index (χ4n) is 3.90. The molecule has 202 valence electrons. The summed E-state index contributed by atoms with van der Waals surface area (Å²) >= 11 is 2.40. The zero-order valence-corrected chi connectivity index (χ0v) is 23.3. The summed E-state index contributed by atoms with van der Waals surface area (Å²) in [5.74, 6) is 0.0520. The van der Waals surface area contributed by atoms with E-state index in [4.69, 9.17) is 9.47 Å². The number of halogens is 1. The highest BCUT2D eigenvalue weighted by atomic mass is 32.2. The molecule has 4 aromatic rings. The van der Waals surface area contributed by atoms with Gasteiger partial charge in [-0.25, -0.2) is 9.18 Å². The van der Waals surface area contributed by atoms with Crippen molar-refractivity contribution in [2.75, 3.05) is 18.2 Å². The Hall–Kier alpha value is -3.96. The second-order valence-corrected chi connectivity index (χ2v) is 10.4. The summed E-state index contributed by atoms with van der Waals surface area (Å²) in [6.45, 7) is 8.48. The van der Waals surface area contributed by atoms with Crippen LogP contribution in [0.25, 0.3) is 11.1 Å². The molecule has 0 spiro atoms. The van der Waals surface area contributed by atoms with E-state index in [0.29, 0.717) is 33.7 Å². The van der Waals surface area contributed by atoms with Gasteiger partial charge in [0.25, 0.3) is 0 Å². The number of anilines is 1. The topological polar surface area (TPSA) is 95.3 Å². The van der Waals surface area contributed by atoms with E-state index in [0.717, 1.165) is 16.9 Å². The zero-order valence-electron chi connectivity index (χ0n) is 21.7. The molecule has 0 aliphatic rings. The molecule has 0 unspecified atom stereocenters. The van der Waals surface area contributed by atoms with Crippen molar-refractivity contribution in [1.82, 2.24) is 14.8 Å². The van der Waals surface area contributed by atoms with Crippen molar-refractivity contribution in [1.29, 1.82) is 0 Å². The molecule has 8 nitrogen and oxygen atoms in total. The van der Waals surface area contributed by atoms with Gasteiger partial charge in [0.15, 0.2) is 11.0 Å². The minimum atomic E-state index is -0.599. The third kappa shape index (κ3) is 6.92. The van der Waals surface area contributed by atoms with E-state index in [1.165, 1.54) is 42.3 Å². The number of nitrogens with zero attached hydrogens (tertiary/aromatic N) is 3. The molecule has 1 N–H and O–H groups in total. The minimum absolute atomic E-state index is 0.0254. The maximum Gasteiger partial charge on any atom is 0.341 e. The van der Waals surface area contributed by atoms with E-state index < -0.39 is 5.97 Å². The fourth-order valence-corrected chi connectivity index (χ4v) is 5.64. The Labute approximate surface area is 233 Å². The highest BCUT2D eigenvalue weighted by molar-refractivity contribution is 7.99. The average Bonchev–Trinajstić information content (AvgIpc) is 3.49. The Bertz CT molecular complexity index is 1480. The van der Waals surface area contributed by atoms with E-state index in [-0.39, 0.29) is 29.6 Å². The van der Waals surface area contributed by atoms with Crippen LogP contribution in [0, 0.1) is 19.7 Å². The van der Waals surface area contributed by atoms with E-state index in [9.17, 15) is 14.0 Å². The Kier molecular flexibility index (Phi) is 9.15. The first-order valence-corrected chi connectivity index (χ1v) is 13.8. The maximum atomic E-state index is 13.4. The van der Waals surface area contributed by atoms with Crippen molar-refractivity contribution in [2.24, 2.45) is 0 Å². The van der Waals surface area contributed by atoms with Crippen LogP contribution in [0.1, 0.15) is 27.3 Å². The lowest BCUT2D eigenvalue weighted by atomic mass is 10.0. The maximum absolute atomic E-state index is 13.4. The second kappa shape index (κ2) is 12.7. The predicted octanol–water partition coefficient (Wildman–Crippen LogP) is 6.04. The lowest BCUT2D eigenvalue weighted by Crippen LogP contribution is -2.16. The number of ether oxygens (including phenoxy) is 2. The van der Waals surface area contributed by atoms with Gasteiger partial charge in [-0.3, -0.25) is 9.36 Å². The number of thiophene rings is 1. The van der Waals surface area contributed by atoms with Crippen LogP contribution in [-0.4, -0.2) is 39.5 Å². The zero-order chi connectivity index (χ0) is 27.9. The van der Waals surface area contributed by atoms with Gasteiger partial charge in [0.05, 0.1) is 12.9 Å². The Morgan fingerprint density at radius 3 is 2.54 bits per heavy atom. The van der Waals surface area contributed by atoms with E-state index in [1.807, 2.05) is 30.5 Å². The number of benzene rings is 2. The summed E-state index contributed by atoms with van der Waals surface area (Å²) in [6.07, 6.45) is 1.72.